The van der Waals surface area contributed by atoms with Crippen LogP contribution in [0.3, 0.4) is 0 Å². The third-order valence-electron chi connectivity index (χ3n) is 2.90. The van der Waals surface area contributed by atoms with Crippen LogP contribution in [0.15, 0.2) is 0 Å². The lowest BCUT2D eigenvalue weighted by Gasteiger charge is -2.25. The third kappa shape index (κ3) is 4.67. The minimum Gasteiger partial charge on any atom is -0.381 e. The molecular formula is C11H23NOS. The Hall–Kier alpha value is 0.270. The Morgan fingerprint density at radius 2 is 2.14 bits per heavy atom. The van der Waals surface area contributed by atoms with Gasteiger partial charge in [0, 0.05) is 25.0 Å². The predicted octanol–water partition coefficient (Wildman–Crippen LogP) is 2.14. The molecule has 1 saturated heterocycles. The summed E-state index contributed by atoms with van der Waals surface area (Å²) in [5.74, 6) is 2.08. The van der Waals surface area contributed by atoms with Crippen LogP contribution in [0.4, 0.5) is 0 Å². The average molecular weight is 217 g/mol. The second-order valence-electron chi connectivity index (χ2n) is 4.02. The molecule has 1 N–H and O–H groups in total. The number of thioether (sulfide) groups is 1. The van der Waals surface area contributed by atoms with Crippen LogP contribution in [0.2, 0.25) is 0 Å². The maximum Gasteiger partial charge on any atom is 0.0469 e. The van der Waals surface area contributed by atoms with Crippen molar-refractivity contribution in [1.29, 1.82) is 0 Å². The number of rotatable bonds is 6. The molecule has 1 fully saturated rings. The molecule has 0 saturated carbocycles. The van der Waals surface area contributed by atoms with Gasteiger partial charge >= 0.3 is 0 Å². The van der Waals surface area contributed by atoms with Gasteiger partial charge in [-0.25, -0.2) is 0 Å². The second kappa shape index (κ2) is 7.55. The normalized spacial score (nSPS) is 21.0. The lowest BCUT2D eigenvalue weighted by atomic mass is 10.00. The molecule has 1 heterocycles. The Labute approximate surface area is 92.2 Å². The van der Waals surface area contributed by atoms with Crippen LogP contribution in [0.25, 0.3) is 0 Å². The van der Waals surface area contributed by atoms with Crippen LogP contribution < -0.4 is 5.32 Å². The summed E-state index contributed by atoms with van der Waals surface area (Å²) in [4.78, 5) is 0. The van der Waals surface area contributed by atoms with Crippen LogP contribution in [-0.2, 0) is 4.74 Å². The van der Waals surface area contributed by atoms with Crippen molar-refractivity contribution in [2.45, 2.75) is 32.2 Å². The Bertz CT molecular complexity index is 132. The van der Waals surface area contributed by atoms with Gasteiger partial charge in [-0.15, -0.1) is 0 Å². The Morgan fingerprint density at radius 3 is 2.71 bits per heavy atom. The summed E-state index contributed by atoms with van der Waals surface area (Å²) in [6, 6.07) is 0.702. The molecule has 0 amide bonds. The van der Waals surface area contributed by atoms with Crippen molar-refractivity contribution in [2.24, 2.45) is 5.92 Å². The first-order valence-electron chi connectivity index (χ1n) is 5.66. The van der Waals surface area contributed by atoms with Gasteiger partial charge in [0.25, 0.3) is 0 Å². The summed E-state index contributed by atoms with van der Waals surface area (Å²) in [6.07, 6.45) is 5.90. The topological polar surface area (TPSA) is 21.3 Å². The summed E-state index contributed by atoms with van der Waals surface area (Å²) in [6.45, 7) is 5.37. The number of hydrogen-bond acceptors (Lipinski definition) is 3. The van der Waals surface area contributed by atoms with E-state index in [2.05, 4.69) is 18.5 Å². The van der Waals surface area contributed by atoms with E-state index in [0.717, 1.165) is 19.1 Å². The molecule has 1 rings (SSSR count). The zero-order chi connectivity index (χ0) is 10.2. The summed E-state index contributed by atoms with van der Waals surface area (Å²) >= 11 is 1.93. The molecule has 1 aliphatic heterocycles. The smallest absolute Gasteiger partial charge is 0.0469 e. The number of nitrogens with one attached hydrogen (secondary N) is 1. The molecule has 0 aromatic rings. The molecule has 1 unspecified atom stereocenters. The van der Waals surface area contributed by atoms with E-state index in [1.807, 2.05) is 11.8 Å². The Kier molecular flexibility index (Phi) is 6.65. The van der Waals surface area contributed by atoms with Gasteiger partial charge < -0.3 is 10.1 Å². The number of hydrogen-bond donors (Lipinski definition) is 1. The van der Waals surface area contributed by atoms with Gasteiger partial charge in [-0.2, -0.15) is 11.8 Å². The molecule has 0 radical (unpaired) electrons. The van der Waals surface area contributed by atoms with E-state index in [0.29, 0.717) is 6.04 Å². The van der Waals surface area contributed by atoms with E-state index in [1.165, 1.54) is 31.6 Å². The minimum absolute atomic E-state index is 0.702. The zero-order valence-electron chi connectivity index (χ0n) is 9.42. The van der Waals surface area contributed by atoms with Crippen molar-refractivity contribution in [3.63, 3.8) is 0 Å². The first-order chi connectivity index (χ1) is 6.86. The molecule has 0 bridgehead atoms. The monoisotopic (exact) mass is 217 g/mol. The fourth-order valence-corrected chi connectivity index (χ4v) is 2.56. The summed E-state index contributed by atoms with van der Waals surface area (Å²) in [5, 5.41) is 3.66. The lowest BCUT2D eigenvalue weighted by molar-refractivity contribution is 0.0656. The first kappa shape index (κ1) is 12.3. The van der Waals surface area contributed by atoms with Gasteiger partial charge in [0.05, 0.1) is 0 Å². The van der Waals surface area contributed by atoms with E-state index in [9.17, 15) is 0 Å². The largest absolute Gasteiger partial charge is 0.381 e. The summed E-state index contributed by atoms with van der Waals surface area (Å²) < 4.78 is 5.35. The molecule has 0 aromatic carbocycles. The van der Waals surface area contributed by atoms with Gasteiger partial charge in [-0.3, -0.25) is 0 Å². The maximum atomic E-state index is 5.35. The fraction of sp³-hybridized carbons (Fsp3) is 1.00. The van der Waals surface area contributed by atoms with E-state index in [-0.39, 0.29) is 0 Å². The van der Waals surface area contributed by atoms with Gasteiger partial charge in [0.2, 0.25) is 0 Å². The first-order valence-corrected chi connectivity index (χ1v) is 7.06. The minimum atomic E-state index is 0.702. The van der Waals surface area contributed by atoms with E-state index < -0.39 is 0 Å². The van der Waals surface area contributed by atoms with E-state index >= 15 is 0 Å². The molecule has 0 spiro atoms. The second-order valence-corrected chi connectivity index (χ2v) is 4.94. The Balaban J connectivity index is 2.10. The number of ether oxygens (including phenoxy) is 1. The van der Waals surface area contributed by atoms with Crippen LogP contribution in [0.5, 0.6) is 0 Å². The fourth-order valence-electron chi connectivity index (χ4n) is 1.81. The summed E-state index contributed by atoms with van der Waals surface area (Å²) in [7, 11) is 0. The van der Waals surface area contributed by atoms with Gasteiger partial charge in [0.15, 0.2) is 0 Å². The van der Waals surface area contributed by atoms with Crippen molar-refractivity contribution in [1.82, 2.24) is 5.32 Å². The summed E-state index contributed by atoms with van der Waals surface area (Å²) in [5.41, 5.74) is 0. The van der Waals surface area contributed by atoms with E-state index in [1.54, 1.807) is 0 Å². The molecule has 1 aliphatic rings. The Morgan fingerprint density at radius 1 is 1.43 bits per heavy atom. The highest BCUT2D eigenvalue weighted by molar-refractivity contribution is 7.98. The van der Waals surface area contributed by atoms with Gasteiger partial charge in [-0.05, 0) is 38.0 Å². The highest BCUT2D eigenvalue weighted by atomic mass is 32.2. The van der Waals surface area contributed by atoms with Crippen molar-refractivity contribution >= 4 is 11.8 Å². The van der Waals surface area contributed by atoms with Crippen molar-refractivity contribution < 1.29 is 4.74 Å². The average Bonchev–Trinajstić information content (AvgIpc) is 2.25. The highest BCUT2D eigenvalue weighted by Gasteiger charge is 2.14. The molecular weight excluding hydrogens is 194 g/mol. The molecule has 0 aromatic heterocycles. The van der Waals surface area contributed by atoms with Crippen LogP contribution in [-0.4, -0.2) is 37.8 Å². The van der Waals surface area contributed by atoms with Gasteiger partial charge in [0.1, 0.15) is 0 Å². The molecule has 2 nitrogen and oxygen atoms in total. The van der Waals surface area contributed by atoms with E-state index in [4.69, 9.17) is 4.74 Å². The van der Waals surface area contributed by atoms with Gasteiger partial charge in [-0.1, -0.05) is 6.92 Å². The van der Waals surface area contributed by atoms with Crippen LogP contribution in [0, 0.1) is 5.92 Å². The maximum absolute atomic E-state index is 5.35. The van der Waals surface area contributed by atoms with Crippen LogP contribution in [0.1, 0.15) is 26.2 Å². The van der Waals surface area contributed by atoms with Crippen molar-refractivity contribution in [2.75, 3.05) is 31.8 Å². The van der Waals surface area contributed by atoms with Crippen molar-refractivity contribution in [3.8, 4) is 0 Å². The third-order valence-corrected chi connectivity index (χ3v) is 3.63. The molecule has 3 heteroatoms. The lowest BCUT2D eigenvalue weighted by Crippen LogP contribution is -2.36. The standard InChI is InChI=1S/C11H23NOS/c1-3-11(9-14-2)12-8-10-4-6-13-7-5-10/h10-12H,3-9H2,1-2H3. The predicted molar refractivity (Wildman–Crippen MR) is 64.0 cm³/mol. The molecule has 0 aliphatic carbocycles. The van der Waals surface area contributed by atoms with Crippen LogP contribution >= 0.6 is 11.8 Å². The SMILES string of the molecule is CCC(CSC)NCC1CCOCC1. The quantitative estimate of drug-likeness (QED) is 0.736. The zero-order valence-corrected chi connectivity index (χ0v) is 10.2. The molecule has 1 atom stereocenters. The van der Waals surface area contributed by atoms with Crippen molar-refractivity contribution in [3.05, 3.63) is 0 Å². The molecule has 14 heavy (non-hydrogen) atoms. The molecule has 84 valence electrons. The highest BCUT2D eigenvalue weighted by Crippen LogP contribution is 2.14.